The smallest absolute Gasteiger partial charge is 0.242 e. The van der Waals surface area contributed by atoms with Gasteiger partial charge in [-0.3, -0.25) is 4.79 Å². The minimum Gasteiger partial charge on any atom is -0.369 e. The van der Waals surface area contributed by atoms with Crippen molar-refractivity contribution in [3.05, 3.63) is 54.6 Å². The number of benzene rings is 2. The van der Waals surface area contributed by atoms with Crippen LogP contribution in [-0.4, -0.2) is 33.0 Å². The average molecular weight is 418 g/mol. The number of hydrogen-bond acceptors (Lipinski definition) is 4. The second-order valence-corrected chi connectivity index (χ2v) is 9.29. The highest BCUT2D eigenvalue weighted by Gasteiger charge is 2.28. The molecule has 29 heavy (non-hydrogen) atoms. The van der Waals surface area contributed by atoms with Crippen LogP contribution in [0.25, 0.3) is 0 Å². The van der Waals surface area contributed by atoms with Crippen molar-refractivity contribution in [3.63, 3.8) is 0 Å². The minimum absolute atomic E-state index is 0.135. The van der Waals surface area contributed by atoms with Crippen LogP contribution >= 0.6 is 0 Å². The van der Waals surface area contributed by atoms with Crippen molar-refractivity contribution in [1.82, 2.24) is 4.72 Å². The molecule has 0 aromatic heterocycles. The number of carbonyl (C=O) groups is 1. The van der Waals surface area contributed by atoms with Crippen LogP contribution < -0.4 is 14.9 Å². The van der Waals surface area contributed by atoms with E-state index in [-0.39, 0.29) is 16.7 Å². The van der Waals surface area contributed by atoms with Gasteiger partial charge in [-0.15, -0.1) is 0 Å². The summed E-state index contributed by atoms with van der Waals surface area (Å²) in [5.74, 6) is -0.604. The molecule has 158 valence electrons. The van der Waals surface area contributed by atoms with Crippen molar-refractivity contribution in [2.75, 3.05) is 16.8 Å². The zero-order chi connectivity index (χ0) is 21.6. The van der Waals surface area contributed by atoms with Crippen LogP contribution in [0.3, 0.4) is 0 Å². The zero-order valence-electron chi connectivity index (χ0n) is 17.7. The Morgan fingerprint density at radius 2 is 1.55 bits per heavy atom. The van der Waals surface area contributed by atoms with E-state index in [4.69, 9.17) is 0 Å². The molecule has 6 nitrogen and oxygen atoms in total. The summed E-state index contributed by atoms with van der Waals surface area (Å²) < 4.78 is 27.8. The first kappa shape index (κ1) is 22.9. The predicted octanol–water partition coefficient (Wildman–Crippen LogP) is 3.86. The fraction of sp³-hybridized carbons (Fsp3) is 0.409. The average Bonchev–Trinajstić information content (AvgIpc) is 2.68. The molecule has 0 radical (unpaired) electrons. The third-order valence-corrected chi connectivity index (χ3v) is 6.17. The van der Waals surface area contributed by atoms with E-state index in [2.05, 4.69) is 35.7 Å². The van der Waals surface area contributed by atoms with E-state index in [1.807, 2.05) is 38.1 Å². The molecule has 2 rings (SSSR count). The van der Waals surface area contributed by atoms with E-state index < -0.39 is 16.1 Å². The Labute approximate surface area is 174 Å². The number of nitrogens with zero attached hydrogens (tertiary/aromatic N) is 1. The van der Waals surface area contributed by atoms with E-state index in [0.29, 0.717) is 11.7 Å². The van der Waals surface area contributed by atoms with Gasteiger partial charge in [-0.2, -0.15) is 4.72 Å². The van der Waals surface area contributed by atoms with Gasteiger partial charge in [0.2, 0.25) is 15.9 Å². The third kappa shape index (κ3) is 6.05. The molecule has 0 bridgehead atoms. The van der Waals surface area contributed by atoms with Crippen molar-refractivity contribution in [3.8, 4) is 0 Å². The van der Waals surface area contributed by atoms with Gasteiger partial charge in [0, 0.05) is 24.0 Å². The molecule has 1 amide bonds. The van der Waals surface area contributed by atoms with Gasteiger partial charge in [0.05, 0.1) is 4.90 Å². The van der Waals surface area contributed by atoms with E-state index in [1.165, 1.54) is 12.1 Å². The highest BCUT2D eigenvalue weighted by Crippen LogP contribution is 2.20. The van der Waals surface area contributed by atoms with Crippen LogP contribution in [0.1, 0.15) is 34.6 Å². The number of carbonyl (C=O) groups excluding carboxylic acids is 1. The Morgan fingerprint density at radius 3 is 2.03 bits per heavy atom. The normalized spacial score (nSPS) is 12.8. The first-order chi connectivity index (χ1) is 13.7. The van der Waals surface area contributed by atoms with Gasteiger partial charge in [-0.25, -0.2) is 8.42 Å². The fourth-order valence-corrected chi connectivity index (χ4v) is 4.49. The molecular weight excluding hydrogens is 386 g/mol. The lowest BCUT2D eigenvalue weighted by atomic mass is 10.0. The molecule has 1 unspecified atom stereocenters. The molecule has 0 spiro atoms. The molecule has 2 aromatic carbocycles. The lowest BCUT2D eigenvalue weighted by Crippen LogP contribution is -2.47. The summed E-state index contributed by atoms with van der Waals surface area (Å²) in [6.07, 6.45) is 0. The first-order valence-corrected chi connectivity index (χ1v) is 11.4. The Hall–Kier alpha value is -2.38. The van der Waals surface area contributed by atoms with Crippen LogP contribution in [0.15, 0.2) is 59.5 Å². The summed E-state index contributed by atoms with van der Waals surface area (Å²) in [5, 5.41) is 2.83. The van der Waals surface area contributed by atoms with Crippen LogP contribution in [0.4, 0.5) is 11.4 Å². The van der Waals surface area contributed by atoms with Crippen molar-refractivity contribution in [2.45, 2.75) is 51.6 Å². The van der Waals surface area contributed by atoms with Crippen LogP contribution in [0, 0.1) is 5.92 Å². The fourth-order valence-electron chi connectivity index (χ4n) is 3.13. The van der Waals surface area contributed by atoms with Crippen LogP contribution in [0.5, 0.6) is 0 Å². The van der Waals surface area contributed by atoms with Crippen molar-refractivity contribution in [1.29, 1.82) is 0 Å². The van der Waals surface area contributed by atoms with Gasteiger partial charge in [0.1, 0.15) is 6.04 Å². The standard InChI is InChI=1S/C22H31N3O3S/c1-6-25(17(4)5)19-14-12-18(13-15-19)23-22(26)21(16(2)3)24-29(27,28)20-10-8-7-9-11-20/h7-17,21,24H,6H2,1-5H3,(H,23,26). The van der Waals surface area contributed by atoms with Crippen molar-refractivity contribution >= 4 is 27.3 Å². The van der Waals surface area contributed by atoms with Gasteiger partial charge < -0.3 is 10.2 Å². The van der Waals surface area contributed by atoms with E-state index in [1.54, 1.807) is 18.2 Å². The van der Waals surface area contributed by atoms with Crippen molar-refractivity contribution < 1.29 is 13.2 Å². The number of anilines is 2. The molecule has 0 aliphatic rings. The molecule has 0 saturated heterocycles. The summed E-state index contributed by atoms with van der Waals surface area (Å²) in [7, 11) is -3.79. The predicted molar refractivity (Wildman–Crippen MR) is 119 cm³/mol. The molecule has 0 aliphatic carbocycles. The van der Waals surface area contributed by atoms with E-state index in [9.17, 15) is 13.2 Å². The Morgan fingerprint density at radius 1 is 0.966 bits per heavy atom. The topological polar surface area (TPSA) is 78.5 Å². The Balaban J connectivity index is 2.14. The quantitative estimate of drug-likeness (QED) is 0.649. The maximum Gasteiger partial charge on any atom is 0.242 e. The highest BCUT2D eigenvalue weighted by molar-refractivity contribution is 7.89. The van der Waals surface area contributed by atoms with Gasteiger partial charge >= 0.3 is 0 Å². The number of amides is 1. The minimum atomic E-state index is -3.79. The molecule has 2 aromatic rings. The number of rotatable bonds is 9. The molecule has 0 fully saturated rings. The molecule has 0 heterocycles. The van der Waals surface area contributed by atoms with Gasteiger partial charge in [0.25, 0.3) is 0 Å². The molecule has 7 heteroatoms. The summed E-state index contributed by atoms with van der Waals surface area (Å²) in [6, 6.07) is 15.1. The Bertz CT molecular complexity index is 895. The lowest BCUT2D eigenvalue weighted by molar-refractivity contribution is -0.118. The van der Waals surface area contributed by atoms with Gasteiger partial charge in [0.15, 0.2) is 0 Å². The summed E-state index contributed by atoms with van der Waals surface area (Å²) in [5.41, 5.74) is 1.70. The van der Waals surface area contributed by atoms with Crippen LogP contribution in [-0.2, 0) is 14.8 Å². The van der Waals surface area contributed by atoms with Crippen LogP contribution in [0.2, 0.25) is 0 Å². The maximum absolute atomic E-state index is 12.8. The summed E-state index contributed by atoms with van der Waals surface area (Å²) in [4.78, 5) is 15.2. The third-order valence-electron chi connectivity index (χ3n) is 4.72. The number of nitrogens with one attached hydrogen (secondary N) is 2. The molecule has 0 aliphatic heterocycles. The Kier molecular flexibility index (Phi) is 7.81. The molecule has 1 atom stereocenters. The second-order valence-electron chi connectivity index (χ2n) is 7.57. The number of sulfonamides is 1. The lowest BCUT2D eigenvalue weighted by Gasteiger charge is -2.27. The maximum atomic E-state index is 12.8. The molecule has 0 saturated carbocycles. The molecule has 2 N–H and O–H groups in total. The SMILES string of the molecule is CCN(c1ccc(NC(=O)C(NS(=O)(=O)c2ccccc2)C(C)C)cc1)C(C)C. The largest absolute Gasteiger partial charge is 0.369 e. The summed E-state index contributed by atoms with van der Waals surface area (Å²) >= 11 is 0. The van der Waals surface area contributed by atoms with E-state index in [0.717, 1.165) is 12.2 Å². The van der Waals surface area contributed by atoms with Crippen molar-refractivity contribution in [2.24, 2.45) is 5.92 Å². The van der Waals surface area contributed by atoms with Gasteiger partial charge in [-0.1, -0.05) is 32.0 Å². The second kappa shape index (κ2) is 9.89. The summed E-state index contributed by atoms with van der Waals surface area (Å²) in [6.45, 7) is 10.9. The zero-order valence-corrected chi connectivity index (χ0v) is 18.5. The van der Waals surface area contributed by atoms with Gasteiger partial charge in [-0.05, 0) is 63.1 Å². The molecular formula is C22H31N3O3S. The highest BCUT2D eigenvalue weighted by atomic mass is 32.2. The van der Waals surface area contributed by atoms with E-state index >= 15 is 0 Å². The monoisotopic (exact) mass is 417 g/mol. The number of hydrogen-bond donors (Lipinski definition) is 2. The first-order valence-electron chi connectivity index (χ1n) is 9.90.